The molecule has 0 rings (SSSR count). The Morgan fingerprint density at radius 2 is 0.412 bits per heavy atom. The van der Waals surface area contributed by atoms with Gasteiger partial charge in [0.05, 0.1) is 0 Å². The average Bonchev–Trinajstić information content (AvgIpc) is 1.41. The van der Waals surface area contributed by atoms with E-state index in [1.54, 1.807) is 0 Å². The molecule has 17 heteroatoms. The SMILES string of the molecule is O=S(=O)([O-])[O-].O=S(=O)([O-])[O-].O=S(=O)([O-])[O-].[Tb+3].[Tb+3]. The van der Waals surface area contributed by atoms with E-state index in [0.717, 1.165) is 0 Å². The molecule has 0 aliphatic carbocycles. The predicted octanol–water partition coefficient (Wildman–Crippen LogP) is -4.01. The molecule has 0 aliphatic heterocycles. The van der Waals surface area contributed by atoms with E-state index in [1.807, 2.05) is 0 Å². The van der Waals surface area contributed by atoms with Gasteiger partial charge in [0.1, 0.15) is 0 Å². The number of hydrogen-bond acceptors (Lipinski definition) is 12. The second kappa shape index (κ2) is 13.2. The van der Waals surface area contributed by atoms with Crippen LogP contribution in [0.1, 0.15) is 0 Å². The summed E-state index contributed by atoms with van der Waals surface area (Å²) in [5, 5.41) is 0. The standard InChI is InChI=1S/3H2O4S.2Tb/c3*1-5(2,3)4;;/h3*(H2,1,2,3,4);;/q;;;2*+3/p-6. The largest absolute Gasteiger partial charge is 3.00 e. The van der Waals surface area contributed by atoms with Crippen LogP contribution >= 0.6 is 0 Å². The monoisotopic (exact) mass is 606 g/mol. The van der Waals surface area contributed by atoms with Crippen LogP contribution in [0.4, 0.5) is 0 Å². The van der Waals surface area contributed by atoms with Gasteiger partial charge in [0, 0.05) is 31.2 Å². The fourth-order valence-corrected chi connectivity index (χ4v) is 0. The Balaban J connectivity index is -0.0000000400. The Hall–Kier alpha value is 2.18. The minimum absolute atomic E-state index is 0. The normalized spacial score (nSPS) is 10.2. The molecule has 0 N–H and O–H groups in total. The molecule has 108 valence electrons. The van der Waals surface area contributed by atoms with Crippen molar-refractivity contribution in [2.75, 3.05) is 0 Å². The van der Waals surface area contributed by atoms with Crippen molar-refractivity contribution in [1.82, 2.24) is 0 Å². The first-order valence-electron chi connectivity index (χ1n) is 2.00. The summed E-state index contributed by atoms with van der Waals surface area (Å²) in [6.45, 7) is 0. The van der Waals surface area contributed by atoms with Crippen LogP contribution in [0.5, 0.6) is 0 Å². The second-order valence-corrected chi connectivity index (χ2v) is 3.67. The van der Waals surface area contributed by atoms with Gasteiger partial charge in [-0.1, -0.05) is 0 Å². The molecule has 0 atom stereocenters. The van der Waals surface area contributed by atoms with E-state index in [2.05, 4.69) is 0 Å². The molecule has 0 aromatic carbocycles. The molecule has 0 heterocycles. The Labute approximate surface area is 158 Å². The molecule has 0 aromatic rings. The van der Waals surface area contributed by atoms with E-state index in [9.17, 15) is 0 Å². The van der Waals surface area contributed by atoms with Crippen molar-refractivity contribution in [2.45, 2.75) is 0 Å². The van der Waals surface area contributed by atoms with Crippen molar-refractivity contribution in [3.8, 4) is 0 Å². The van der Waals surface area contributed by atoms with E-state index in [1.165, 1.54) is 0 Å². The van der Waals surface area contributed by atoms with Gasteiger partial charge in [0.25, 0.3) is 0 Å². The summed E-state index contributed by atoms with van der Waals surface area (Å²) < 4.78 is 102. The third-order valence-electron chi connectivity index (χ3n) is 0. The Kier molecular flexibility index (Phi) is 24.4. The van der Waals surface area contributed by atoms with Crippen LogP contribution < -0.4 is 0 Å². The zero-order chi connectivity index (χ0) is 13.5. The smallest absolute Gasteiger partial charge is 0.759 e. The molecule has 0 radical (unpaired) electrons. The molecule has 0 saturated heterocycles. The first-order chi connectivity index (χ1) is 6.00. The summed E-state index contributed by atoms with van der Waals surface area (Å²) in [5.74, 6) is 0. The van der Waals surface area contributed by atoms with E-state index in [4.69, 9.17) is 52.6 Å². The third kappa shape index (κ3) is 1000. The summed E-state index contributed by atoms with van der Waals surface area (Å²) in [4.78, 5) is 0. The number of rotatable bonds is 0. The maximum Gasteiger partial charge on any atom is 3.00 e. The van der Waals surface area contributed by atoms with Crippen molar-refractivity contribution in [1.29, 1.82) is 0 Å². The molecule has 0 saturated carbocycles. The fourth-order valence-electron chi connectivity index (χ4n) is 0. The maximum atomic E-state index is 8.52. The third-order valence-corrected chi connectivity index (χ3v) is 0. The molecule has 0 unspecified atom stereocenters. The van der Waals surface area contributed by atoms with E-state index >= 15 is 0 Å². The fraction of sp³-hybridized carbons (Fsp3) is 0. The minimum Gasteiger partial charge on any atom is -0.759 e. The maximum absolute atomic E-state index is 8.52. The van der Waals surface area contributed by atoms with Crippen molar-refractivity contribution in [2.24, 2.45) is 0 Å². The number of hydrogen-bond donors (Lipinski definition) is 0. The Morgan fingerprint density at radius 1 is 0.412 bits per heavy atom. The summed E-state index contributed by atoms with van der Waals surface area (Å²) in [6, 6.07) is 0. The minimum atomic E-state index is -5.17. The van der Waals surface area contributed by atoms with Crippen LogP contribution in [0.15, 0.2) is 0 Å². The second-order valence-electron chi connectivity index (χ2n) is 1.22. The van der Waals surface area contributed by atoms with Crippen LogP contribution in [0.2, 0.25) is 0 Å². The van der Waals surface area contributed by atoms with Crippen molar-refractivity contribution in [3.63, 3.8) is 0 Å². The van der Waals surface area contributed by atoms with Gasteiger partial charge in [-0.15, -0.1) is 0 Å². The first kappa shape index (κ1) is 31.5. The van der Waals surface area contributed by atoms with Gasteiger partial charge >= 0.3 is 77.2 Å². The summed E-state index contributed by atoms with van der Waals surface area (Å²) in [5.41, 5.74) is 0. The molecule has 0 fully saturated rings. The van der Waals surface area contributed by atoms with Crippen molar-refractivity contribution >= 4 is 31.2 Å². The zero-order valence-electron chi connectivity index (χ0n) is 6.79. The molecule has 0 aromatic heterocycles. The van der Waals surface area contributed by atoms with Gasteiger partial charge in [0.2, 0.25) is 0 Å². The van der Waals surface area contributed by atoms with Gasteiger partial charge in [-0.2, -0.15) is 0 Å². The average molecular weight is 606 g/mol. The zero-order valence-corrected chi connectivity index (χ0v) is 13.5. The molecule has 0 amide bonds. The van der Waals surface area contributed by atoms with Crippen molar-refractivity contribution < 1.29 is 130 Å². The van der Waals surface area contributed by atoms with Crippen LogP contribution in [-0.4, -0.2) is 52.6 Å². The van der Waals surface area contributed by atoms with Gasteiger partial charge < -0.3 is 27.3 Å². The molecule has 17 heavy (non-hydrogen) atoms. The summed E-state index contributed by atoms with van der Waals surface area (Å²) in [6.07, 6.45) is 0. The van der Waals surface area contributed by atoms with Crippen LogP contribution in [0.25, 0.3) is 0 Å². The van der Waals surface area contributed by atoms with E-state index in [0.29, 0.717) is 0 Å². The molecule has 0 bridgehead atoms. The van der Waals surface area contributed by atoms with E-state index in [-0.39, 0.29) is 77.2 Å². The molecule has 0 spiro atoms. The van der Waals surface area contributed by atoms with E-state index < -0.39 is 31.2 Å². The van der Waals surface area contributed by atoms with Crippen LogP contribution in [0, 0.1) is 77.2 Å². The van der Waals surface area contributed by atoms with Crippen LogP contribution in [0.3, 0.4) is 0 Å². The van der Waals surface area contributed by atoms with Gasteiger partial charge in [-0.3, -0.25) is 25.3 Å². The topological polar surface area (TPSA) is 241 Å². The van der Waals surface area contributed by atoms with Crippen molar-refractivity contribution in [3.05, 3.63) is 0 Å². The molecule has 12 nitrogen and oxygen atoms in total. The van der Waals surface area contributed by atoms with Gasteiger partial charge in [0.15, 0.2) is 0 Å². The predicted molar refractivity (Wildman–Crippen MR) is 31.4 cm³/mol. The summed E-state index contributed by atoms with van der Waals surface area (Å²) in [7, 11) is -15.5. The van der Waals surface area contributed by atoms with Gasteiger partial charge in [-0.25, -0.2) is 0 Å². The quantitative estimate of drug-likeness (QED) is 0.189. The molecular weight excluding hydrogens is 606 g/mol. The van der Waals surface area contributed by atoms with Gasteiger partial charge in [-0.05, 0) is 0 Å². The van der Waals surface area contributed by atoms with Crippen LogP contribution in [-0.2, 0) is 31.2 Å². The molecular formula is O12S3Tb2. The molecule has 0 aliphatic rings. The Bertz CT molecular complexity index is 341. The first-order valence-corrected chi connectivity index (χ1v) is 6.00. The summed E-state index contributed by atoms with van der Waals surface area (Å²) >= 11 is 0. The Morgan fingerprint density at radius 3 is 0.412 bits per heavy atom.